The average Bonchev–Trinajstić information content (AvgIpc) is 2.83. The van der Waals surface area contributed by atoms with E-state index in [0.29, 0.717) is 17.1 Å². The highest BCUT2D eigenvalue weighted by Gasteiger charge is 2.13. The lowest BCUT2D eigenvalue weighted by atomic mass is 10.1. The third kappa shape index (κ3) is 4.35. The summed E-state index contributed by atoms with van der Waals surface area (Å²) in [6.45, 7) is 0. The SMILES string of the molecule is O=C(NO)c1cc(-c2ccc(C#Cc3cccnc3)cc2)nc(-c2cccnc2)n1. The van der Waals surface area contributed by atoms with Crippen LogP contribution in [0.1, 0.15) is 21.6 Å². The van der Waals surface area contributed by atoms with Gasteiger partial charge >= 0.3 is 0 Å². The van der Waals surface area contributed by atoms with Crippen molar-refractivity contribution < 1.29 is 10.0 Å². The Labute approximate surface area is 172 Å². The zero-order valence-corrected chi connectivity index (χ0v) is 15.6. The number of hydroxylamine groups is 1. The molecule has 0 aliphatic heterocycles. The summed E-state index contributed by atoms with van der Waals surface area (Å²) in [6, 6.07) is 16.3. The quantitative estimate of drug-likeness (QED) is 0.315. The molecule has 30 heavy (non-hydrogen) atoms. The molecule has 4 aromatic rings. The maximum atomic E-state index is 12.0. The number of nitrogens with zero attached hydrogens (tertiary/aromatic N) is 4. The second-order valence-electron chi connectivity index (χ2n) is 6.21. The molecule has 3 heterocycles. The van der Waals surface area contributed by atoms with E-state index in [-0.39, 0.29) is 5.69 Å². The Morgan fingerprint density at radius 1 is 0.833 bits per heavy atom. The topological polar surface area (TPSA) is 101 Å². The molecule has 2 N–H and O–H groups in total. The standard InChI is InChI=1S/C23H15N5O2/c29-23(28-30)21-13-20(26-22(27-21)19-4-2-12-25-15-19)18-9-7-16(8-10-18)5-6-17-3-1-11-24-14-17/h1-4,7-15,30H,(H,28,29). The summed E-state index contributed by atoms with van der Waals surface area (Å²) in [4.78, 5) is 28.9. The number of nitrogens with one attached hydrogen (secondary N) is 1. The lowest BCUT2D eigenvalue weighted by Gasteiger charge is -2.08. The van der Waals surface area contributed by atoms with Crippen LogP contribution < -0.4 is 5.48 Å². The van der Waals surface area contributed by atoms with E-state index in [2.05, 4.69) is 31.8 Å². The van der Waals surface area contributed by atoms with Gasteiger partial charge < -0.3 is 0 Å². The van der Waals surface area contributed by atoms with Crippen molar-refractivity contribution in [3.05, 3.63) is 96.2 Å². The number of pyridine rings is 2. The second kappa shape index (κ2) is 8.73. The minimum Gasteiger partial charge on any atom is -0.288 e. The first-order valence-corrected chi connectivity index (χ1v) is 8.99. The summed E-state index contributed by atoms with van der Waals surface area (Å²) in [7, 11) is 0. The fourth-order valence-electron chi connectivity index (χ4n) is 2.70. The smallest absolute Gasteiger partial charge is 0.288 e. The molecule has 7 nitrogen and oxygen atoms in total. The number of benzene rings is 1. The Balaban J connectivity index is 1.69. The van der Waals surface area contributed by atoms with Crippen LogP contribution in [0.3, 0.4) is 0 Å². The van der Waals surface area contributed by atoms with Crippen LogP contribution in [0.5, 0.6) is 0 Å². The zero-order chi connectivity index (χ0) is 20.8. The molecule has 1 aromatic carbocycles. The van der Waals surface area contributed by atoms with Gasteiger partial charge in [-0.1, -0.05) is 24.0 Å². The van der Waals surface area contributed by atoms with Gasteiger partial charge in [0.15, 0.2) is 5.82 Å². The molecular formula is C23H15N5O2. The van der Waals surface area contributed by atoms with Gasteiger partial charge in [0.05, 0.1) is 5.69 Å². The highest BCUT2D eigenvalue weighted by atomic mass is 16.5. The third-order valence-electron chi connectivity index (χ3n) is 4.17. The van der Waals surface area contributed by atoms with Crippen LogP contribution in [0.25, 0.3) is 22.6 Å². The van der Waals surface area contributed by atoms with Crippen molar-refractivity contribution in [2.75, 3.05) is 0 Å². The summed E-state index contributed by atoms with van der Waals surface area (Å²) < 4.78 is 0. The molecule has 0 aliphatic rings. The van der Waals surface area contributed by atoms with Gasteiger partial charge in [-0.2, -0.15) is 0 Å². The molecular weight excluding hydrogens is 378 g/mol. The molecule has 0 atom stereocenters. The third-order valence-corrected chi connectivity index (χ3v) is 4.17. The maximum absolute atomic E-state index is 12.0. The van der Waals surface area contributed by atoms with Crippen molar-refractivity contribution in [3.8, 4) is 34.5 Å². The van der Waals surface area contributed by atoms with Gasteiger partial charge in [-0.25, -0.2) is 15.4 Å². The summed E-state index contributed by atoms with van der Waals surface area (Å²) in [5.41, 5.74) is 5.29. The van der Waals surface area contributed by atoms with Crippen LogP contribution in [0.2, 0.25) is 0 Å². The van der Waals surface area contributed by atoms with Crippen LogP contribution >= 0.6 is 0 Å². The molecule has 1 amide bonds. The van der Waals surface area contributed by atoms with E-state index in [9.17, 15) is 4.79 Å². The first-order valence-electron chi connectivity index (χ1n) is 8.99. The first-order chi connectivity index (χ1) is 14.7. The van der Waals surface area contributed by atoms with Gasteiger partial charge in [-0.05, 0) is 42.5 Å². The highest BCUT2D eigenvalue weighted by Crippen LogP contribution is 2.22. The fraction of sp³-hybridized carbons (Fsp3) is 0. The van der Waals surface area contributed by atoms with E-state index in [1.807, 2.05) is 36.4 Å². The van der Waals surface area contributed by atoms with Crippen molar-refractivity contribution in [1.82, 2.24) is 25.4 Å². The Hall–Kier alpha value is -4.41. The molecule has 144 valence electrons. The molecule has 0 saturated carbocycles. The Kier molecular flexibility index (Phi) is 5.51. The van der Waals surface area contributed by atoms with E-state index >= 15 is 0 Å². The van der Waals surface area contributed by atoms with Crippen LogP contribution in [-0.4, -0.2) is 31.1 Å². The molecule has 0 aliphatic carbocycles. The summed E-state index contributed by atoms with van der Waals surface area (Å²) in [5, 5.41) is 9.01. The van der Waals surface area contributed by atoms with Gasteiger partial charge in [-0.3, -0.25) is 20.0 Å². The Morgan fingerprint density at radius 2 is 1.57 bits per heavy atom. The average molecular weight is 393 g/mol. The van der Waals surface area contributed by atoms with E-state index < -0.39 is 5.91 Å². The lowest BCUT2D eigenvalue weighted by molar-refractivity contribution is 0.0700. The highest BCUT2D eigenvalue weighted by molar-refractivity contribution is 5.93. The van der Waals surface area contributed by atoms with Gasteiger partial charge in [0.25, 0.3) is 5.91 Å². The maximum Gasteiger partial charge on any atom is 0.293 e. The van der Waals surface area contributed by atoms with Crippen LogP contribution in [-0.2, 0) is 0 Å². The van der Waals surface area contributed by atoms with Gasteiger partial charge in [0.1, 0.15) is 5.69 Å². The van der Waals surface area contributed by atoms with Gasteiger partial charge in [0, 0.05) is 47.0 Å². The van der Waals surface area contributed by atoms with Crippen molar-refractivity contribution in [2.45, 2.75) is 0 Å². The lowest BCUT2D eigenvalue weighted by Crippen LogP contribution is -2.20. The van der Waals surface area contributed by atoms with Crippen molar-refractivity contribution >= 4 is 5.91 Å². The molecule has 0 spiro atoms. The van der Waals surface area contributed by atoms with Gasteiger partial charge in [-0.15, -0.1) is 0 Å². The zero-order valence-electron chi connectivity index (χ0n) is 15.6. The van der Waals surface area contributed by atoms with Crippen LogP contribution in [0, 0.1) is 11.8 Å². The van der Waals surface area contributed by atoms with E-state index in [4.69, 9.17) is 5.21 Å². The summed E-state index contributed by atoms with van der Waals surface area (Å²) in [6.07, 6.45) is 6.65. The number of hydrogen-bond donors (Lipinski definition) is 2. The van der Waals surface area contributed by atoms with Crippen molar-refractivity contribution in [1.29, 1.82) is 0 Å². The normalized spacial score (nSPS) is 10.0. The van der Waals surface area contributed by atoms with Gasteiger partial charge in [0.2, 0.25) is 0 Å². The van der Waals surface area contributed by atoms with E-state index in [0.717, 1.165) is 16.7 Å². The second-order valence-corrected chi connectivity index (χ2v) is 6.21. The van der Waals surface area contributed by atoms with E-state index in [1.54, 1.807) is 42.4 Å². The molecule has 0 radical (unpaired) electrons. The molecule has 3 aromatic heterocycles. The minimum atomic E-state index is -0.720. The number of aromatic nitrogens is 4. The molecule has 4 rings (SSSR count). The summed E-state index contributed by atoms with van der Waals surface area (Å²) in [5.74, 6) is 5.76. The summed E-state index contributed by atoms with van der Waals surface area (Å²) >= 11 is 0. The fourth-order valence-corrected chi connectivity index (χ4v) is 2.70. The molecule has 0 bridgehead atoms. The Morgan fingerprint density at radius 3 is 2.23 bits per heavy atom. The van der Waals surface area contributed by atoms with Crippen molar-refractivity contribution in [2.24, 2.45) is 0 Å². The van der Waals surface area contributed by atoms with Crippen LogP contribution in [0.15, 0.2) is 79.4 Å². The van der Waals surface area contributed by atoms with E-state index in [1.165, 1.54) is 6.07 Å². The first kappa shape index (κ1) is 18.9. The number of amides is 1. The number of carbonyl (C=O) groups excluding carboxylic acids is 1. The molecule has 0 fully saturated rings. The number of carbonyl (C=O) groups is 1. The van der Waals surface area contributed by atoms with Crippen LogP contribution in [0.4, 0.5) is 0 Å². The van der Waals surface area contributed by atoms with Crippen molar-refractivity contribution in [3.63, 3.8) is 0 Å². The number of rotatable bonds is 3. The predicted molar refractivity (Wildman–Crippen MR) is 110 cm³/mol. The minimum absolute atomic E-state index is 0.0433. The number of hydrogen-bond acceptors (Lipinski definition) is 6. The Bertz CT molecular complexity index is 1230. The predicted octanol–water partition coefficient (Wildman–Crippen LogP) is 3.12. The molecule has 7 heteroatoms. The monoisotopic (exact) mass is 393 g/mol. The molecule has 0 unspecified atom stereocenters. The molecule has 0 saturated heterocycles. The largest absolute Gasteiger partial charge is 0.293 e.